The number of unbranched alkanes of at least 4 members (excludes halogenated alkanes) is 31. The quantitative estimate of drug-likeness (QED) is 0.0197. The van der Waals surface area contributed by atoms with E-state index >= 15 is 0 Å². The molecule has 0 spiro atoms. The van der Waals surface area contributed by atoms with Crippen molar-refractivity contribution in [2.45, 2.75) is 303 Å². The molecule has 12 heteroatoms. The Balaban J connectivity index is 4.72. The first-order chi connectivity index (χ1) is 37.2. The monoisotopic (exact) mass is 1090 g/mol. The zero-order chi connectivity index (χ0) is 55.5. The van der Waals surface area contributed by atoms with Gasteiger partial charge < -0.3 is 24.2 Å². The topological polar surface area (TPSA) is 155 Å². The summed E-state index contributed by atoms with van der Waals surface area (Å²) < 4.78 is 39.6. The highest BCUT2D eigenvalue weighted by molar-refractivity contribution is 7.47. The molecule has 11 nitrogen and oxygen atoms in total. The molecular formula is C64H115O11P. The van der Waals surface area contributed by atoms with Crippen LogP contribution in [0.15, 0.2) is 60.8 Å². The molecule has 0 saturated carbocycles. The predicted octanol–water partition coefficient (Wildman–Crippen LogP) is 18.7. The molecule has 0 aliphatic carbocycles. The number of esters is 3. The number of rotatable bonds is 58. The fraction of sp³-hybridized carbons (Fsp3) is 0.797. The Labute approximate surface area is 465 Å². The smallest absolute Gasteiger partial charge is 0.462 e. The summed E-state index contributed by atoms with van der Waals surface area (Å²) in [5.74, 6) is -1.49. The van der Waals surface area contributed by atoms with Gasteiger partial charge in [0.2, 0.25) is 0 Å². The molecule has 3 unspecified atom stereocenters. The minimum atomic E-state index is -4.76. The molecule has 0 amide bonds. The Morgan fingerprint density at radius 2 is 0.684 bits per heavy atom. The van der Waals surface area contributed by atoms with E-state index in [1.807, 2.05) is 0 Å². The fourth-order valence-electron chi connectivity index (χ4n) is 8.70. The minimum Gasteiger partial charge on any atom is -0.462 e. The normalized spacial score (nSPS) is 13.7. The SMILES string of the molecule is CC/C=C\C/C=C\C/C=C\C/C=C\CCCCC(=O)OC(CO)COP(=O)(O)OCC(COC(=O)CCCCCCCCCCCCCCCCC)OC(=O)CCCCCCCCCCC/C=C\CCCCCCCC. The summed E-state index contributed by atoms with van der Waals surface area (Å²) in [5.41, 5.74) is 0. The average molecular weight is 1090 g/mol. The summed E-state index contributed by atoms with van der Waals surface area (Å²) in [6.07, 6.45) is 64.6. The predicted molar refractivity (Wildman–Crippen MR) is 316 cm³/mol. The number of aliphatic hydroxyl groups excluding tert-OH is 1. The van der Waals surface area contributed by atoms with Gasteiger partial charge in [-0.1, -0.05) is 248 Å². The highest BCUT2D eigenvalue weighted by Crippen LogP contribution is 2.43. The lowest BCUT2D eigenvalue weighted by Crippen LogP contribution is -2.30. The van der Waals surface area contributed by atoms with Crippen LogP contribution < -0.4 is 0 Å². The van der Waals surface area contributed by atoms with E-state index in [9.17, 15) is 28.9 Å². The summed E-state index contributed by atoms with van der Waals surface area (Å²) in [5, 5.41) is 9.82. The third-order valence-electron chi connectivity index (χ3n) is 13.4. The molecule has 0 rings (SSSR count). The molecule has 0 aliphatic rings. The molecule has 0 aromatic rings. The van der Waals surface area contributed by atoms with Crippen molar-refractivity contribution in [3.05, 3.63) is 60.8 Å². The van der Waals surface area contributed by atoms with Crippen LogP contribution in [0.2, 0.25) is 0 Å². The molecule has 2 N–H and O–H groups in total. The van der Waals surface area contributed by atoms with Gasteiger partial charge in [0.15, 0.2) is 6.10 Å². The lowest BCUT2D eigenvalue weighted by Gasteiger charge is -2.21. The van der Waals surface area contributed by atoms with Gasteiger partial charge >= 0.3 is 25.7 Å². The number of carbonyl (C=O) groups excluding carboxylic acids is 3. The Kier molecular flexibility index (Phi) is 56.2. The van der Waals surface area contributed by atoms with Crippen molar-refractivity contribution >= 4 is 25.7 Å². The molecule has 3 atom stereocenters. The van der Waals surface area contributed by atoms with Crippen LogP contribution in [0.5, 0.6) is 0 Å². The summed E-state index contributed by atoms with van der Waals surface area (Å²) in [7, 11) is -4.76. The van der Waals surface area contributed by atoms with Crippen LogP contribution in [0, 0.1) is 0 Å². The molecule has 0 heterocycles. The molecule has 0 saturated heterocycles. The molecule has 0 fully saturated rings. The van der Waals surface area contributed by atoms with Crippen molar-refractivity contribution in [3.8, 4) is 0 Å². The van der Waals surface area contributed by atoms with Crippen LogP contribution in [0.1, 0.15) is 290 Å². The number of aliphatic hydroxyl groups is 1. The molecule has 76 heavy (non-hydrogen) atoms. The number of allylic oxidation sites excluding steroid dienone is 10. The van der Waals surface area contributed by atoms with E-state index in [2.05, 4.69) is 81.5 Å². The highest BCUT2D eigenvalue weighted by Gasteiger charge is 2.28. The van der Waals surface area contributed by atoms with E-state index in [1.165, 1.54) is 154 Å². The third kappa shape index (κ3) is 55.9. The first kappa shape index (κ1) is 73.2. The summed E-state index contributed by atoms with van der Waals surface area (Å²) in [6.45, 7) is 4.52. The largest absolute Gasteiger partial charge is 0.472 e. The van der Waals surface area contributed by atoms with Gasteiger partial charge in [-0.15, -0.1) is 0 Å². The second kappa shape index (κ2) is 58.3. The molecule has 0 bridgehead atoms. The van der Waals surface area contributed by atoms with E-state index in [1.54, 1.807) is 0 Å². The number of ether oxygens (including phenoxy) is 3. The third-order valence-corrected chi connectivity index (χ3v) is 14.4. The molecule has 442 valence electrons. The fourth-order valence-corrected chi connectivity index (χ4v) is 9.48. The van der Waals surface area contributed by atoms with Crippen molar-refractivity contribution in [3.63, 3.8) is 0 Å². The number of hydrogen-bond donors (Lipinski definition) is 2. The van der Waals surface area contributed by atoms with E-state index in [0.29, 0.717) is 19.3 Å². The van der Waals surface area contributed by atoms with Crippen LogP contribution in [-0.4, -0.2) is 66.5 Å². The van der Waals surface area contributed by atoms with Gasteiger partial charge in [0.25, 0.3) is 0 Å². The van der Waals surface area contributed by atoms with Crippen LogP contribution in [0.4, 0.5) is 0 Å². The van der Waals surface area contributed by atoms with Crippen molar-refractivity contribution in [1.82, 2.24) is 0 Å². The minimum absolute atomic E-state index is 0.125. The molecule has 0 aliphatic heterocycles. The summed E-state index contributed by atoms with van der Waals surface area (Å²) >= 11 is 0. The maximum absolute atomic E-state index is 12.9. The van der Waals surface area contributed by atoms with Crippen LogP contribution >= 0.6 is 7.82 Å². The van der Waals surface area contributed by atoms with Crippen molar-refractivity contribution in [2.75, 3.05) is 26.4 Å². The average Bonchev–Trinajstić information content (AvgIpc) is 3.41. The van der Waals surface area contributed by atoms with Crippen LogP contribution in [-0.2, 0) is 42.2 Å². The van der Waals surface area contributed by atoms with E-state index in [4.69, 9.17) is 23.3 Å². The standard InChI is InChI=1S/C64H115O11P/c1-4-7-10-13-16-19-22-25-28-29-30-31-34-37-40-43-46-49-52-55-64(68)75-61(57-71-62(66)53-50-47-44-41-38-35-32-26-23-20-17-14-11-8-5-2)59-73-76(69,70)72-58-60(56-65)74-63(67)54-51-48-45-42-39-36-33-27-24-21-18-15-12-9-6-3/h9,12,18,21,25,27-28,33,39,42,60-61,65H,4-8,10-11,13-17,19-20,22-24,26,29-32,34-38,40-41,43-59H2,1-3H3,(H,69,70)/b12-9-,21-18-,28-25-,33-27-,42-39-. The first-order valence-corrected chi connectivity index (χ1v) is 32.7. The van der Waals surface area contributed by atoms with Gasteiger partial charge in [-0.25, -0.2) is 4.57 Å². The van der Waals surface area contributed by atoms with Crippen molar-refractivity contribution in [2.24, 2.45) is 0 Å². The Hall–Kier alpha value is -2.82. The first-order valence-electron chi connectivity index (χ1n) is 31.2. The molecular weight excluding hydrogens is 976 g/mol. The number of hydrogen-bond acceptors (Lipinski definition) is 10. The lowest BCUT2D eigenvalue weighted by molar-refractivity contribution is -0.161. The van der Waals surface area contributed by atoms with Gasteiger partial charge in [-0.2, -0.15) is 0 Å². The zero-order valence-corrected chi connectivity index (χ0v) is 49.9. The van der Waals surface area contributed by atoms with Gasteiger partial charge in [-0.05, 0) is 83.5 Å². The van der Waals surface area contributed by atoms with Gasteiger partial charge in [-0.3, -0.25) is 23.4 Å². The number of carbonyl (C=O) groups is 3. The summed E-state index contributed by atoms with van der Waals surface area (Å²) in [4.78, 5) is 48.7. The van der Waals surface area contributed by atoms with Crippen LogP contribution in [0.25, 0.3) is 0 Å². The molecule has 0 aromatic heterocycles. The number of phosphoric ester groups is 1. The second-order valence-corrected chi connectivity index (χ2v) is 22.3. The summed E-state index contributed by atoms with van der Waals surface area (Å²) in [6, 6.07) is 0. The van der Waals surface area contributed by atoms with Crippen molar-refractivity contribution < 1.29 is 52.2 Å². The Morgan fingerprint density at radius 1 is 0.382 bits per heavy atom. The van der Waals surface area contributed by atoms with E-state index in [0.717, 1.165) is 77.0 Å². The van der Waals surface area contributed by atoms with E-state index in [-0.39, 0.29) is 25.9 Å². The van der Waals surface area contributed by atoms with Crippen LogP contribution in [0.3, 0.4) is 0 Å². The molecule has 0 radical (unpaired) electrons. The zero-order valence-electron chi connectivity index (χ0n) is 49.0. The van der Waals surface area contributed by atoms with Gasteiger partial charge in [0, 0.05) is 19.3 Å². The lowest BCUT2D eigenvalue weighted by atomic mass is 10.0. The maximum atomic E-state index is 12.9. The van der Waals surface area contributed by atoms with Gasteiger partial charge in [0.1, 0.15) is 12.7 Å². The molecule has 0 aromatic carbocycles. The Morgan fingerprint density at radius 3 is 1.09 bits per heavy atom. The Bertz CT molecular complexity index is 1510. The number of phosphoric acid groups is 1. The second-order valence-electron chi connectivity index (χ2n) is 20.8. The highest BCUT2D eigenvalue weighted by atomic mass is 31.2. The van der Waals surface area contributed by atoms with Crippen molar-refractivity contribution in [1.29, 1.82) is 0 Å². The maximum Gasteiger partial charge on any atom is 0.472 e. The van der Waals surface area contributed by atoms with E-state index < -0.39 is 57.8 Å². The van der Waals surface area contributed by atoms with Gasteiger partial charge in [0.05, 0.1) is 19.8 Å².